The van der Waals surface area contributed by atoms with Gasteiger partial charge in [-0.3, -0.25) is 0 Å². The maximum absolute atomic E-state index is 5.64. The van der Waals surface area contributed by atoms with Gasteiger partial charge in [-0.15, -0.1) is 0 Å². The van der Waals surface area contributed by atoms with E-state index < -0.39 is 0 Å². The SMILES string of the molecule is NCc1cccnc1NC1CCCC1. The Hall–Kier alpha value is -1.09. The molecule has 76 valence electrons. The van der Waals surface area contributed by atoms with E-state index in [1.807, 2.05) is 18.3 Å². The van der Waals surface area contributed by atoms with E-state index in [2.05, 4.69) is 10.3 Å². The summed E-state index contributed by atoms with van der Waals surface area (Å²) >= 11 is 0. The highest BCUT2D eigenvalue weighted by atomic mass is 15.0. The van der Waals surface area contributed by atoms with E-state index in [-0.39, 0.29) is 0 Å². The molecule has 0 aromatic carbocycles. The quantitative estimate of drug-likeness (QED) is 0.767. The molecule has 3 heteroatoms. The molecule has 1 aromatic heterocycles. The molecule has 0 aliphatic heterocycles. The molecule has 0 bridgehead atoms. The molecule has 0 saturated heterocycles. The third kappa shape index (κ3) is 2.04. The normalized spacial score (nSPS) is 17.2. The maximum atomic E-state index is 5.64. The largest absolute Gasteiger partial charge is 0.367 e. The van der Waals surface area contributed by atoms with Gasteiger partial charge in [0.05, 0.1) is 0 Å². The standard InChI is InChI=1S/C11H17N3/c12-8-9-4-3-7-13-11(9)14-10-5-1-2-6-10/h3-4,7,10H,1-2,5-6,8,12H2,(H,13,14). The van der Waals surface area contributed by atoms with E-state index in [0.717, 1.165) is 11.4 Å². The number of nitrogens with two attached hydrogens (primary N) is 1. The first-order chi connectivity index (χ1) is 6.90. The number of rotatable bonds is 3. The number of anilines is 1. The highest BCUT2D eigenvalue weighted by molar-refractivity contribution is 5.44. The Balaban J connectivity index is 2.07. The topological polar surface area (TPSA) is 50.9 Å². The number of pyridine rings is 1. The molecule has 1 fully saturated rings. The van der Waals surface area contributed by atoms with E-state index in [4.69, 9.17) is 5.73 Å². The monoisotopic (exact) mass is 191 g/mol. The Bertz CT molecular complexity index is 292. The molecule has 3 nitrogen and oxygen atoms in total. The molecule has 0 amide bonds. The second-order valence-corrected chi connectivity index (χ2v) is 3.84. The lowest BCUT2D eigenvalue weighted by Gasteiger charge is -2.14. The van der Waals surface area contributed by atoms with Crippen molar-refractivity contribution in [2.24, 2.45) is 5.73 Å². The molecule has 1 aliphatic carbocycles. The van der Waals surface area contributed by atoms with Gasteiger partial charge in [0, 0.05) is 24.3 Å². The fraction of sp³-hybridized carbons (Fsp3) is 0.545. The third-order valence-corrected chi connectivity index (χ3v) is 2.81. The molecular weight excluding hydrogens is 174 g/mol. The Morgan fingerprint density at radius 2 is 2.21 bits per heavy atom. The number of hydrogen-bond donors (Lipinski definition) is 2. The summed E-state index contributed by atoms with van der Waals surface area (Å²) in [6.45, 7) is 0.558. The van der Waals surface area contributed by atoms with E-state index in [1.165, 1.54) is 25.7 Å². The molecule has 0 spiro atoms. The summed E-state index contributed by atoms with van der Waals surface area (Å²) in [5.41, 5.74) is 6.76. The molecule has 0 unspecified atom stereocenters. The van der Waals surface area contributed by atoms with Crippen molar-refractivity contribution in [3.05, 3.63) is 23.9 Å². The number of nitrogens with one attached hydrogen (secondary N) is 1. The summed E-state index contributed by atoms with van der Waals surface area (Å²) in [6.07, 6.45) is 7.02. The van der Waals surface area contributed by atoms with Gasteiger partial charge in [-0.05, 0) is 18.9 Å². The van der Waals surface area contributed by atoms with Gasteiger partial charge in [-0.25, -0.2) is 4.98 Å². The van der Waals surface area contributed by atoms with E-state index in [0.29, 0.717) is 12.6 Å². The van der Waals surface area contributed by atoms with Crippen molar-refractivity contribution in [3.63, 3.8) is 0 Å². The lowest BCUT2D eigenvalue weighted by molar-refractivity contribution is 0.747. The minimum Gasteiger partial charge on any atom is -0.367 e. The molecule has 1 saturated carbocycles. The van der Waals surface area contributed by atoms with Crippen LogP contribution in [0.5, 0.6) is 0 Å². The average molecular weight is 191 g/mol. The van der Waals surface area contributed by atoms with Crippen LogP contribution in [-0.4, -0.2) is 11.0 Å². The average Bonchev–Trinajstić information content (AvgIpc) is 2.71. The summed E-state index contributed by atoms with van der Waals surface area (Å²) in [4.78, 5) is 4.32. The summed E-state index contributed by atoms with van der Waals surface area (Å²) in [6, 6.07) is 4.57. The van der Waals surface area contributed by atoms with Crippen LogP contribution in [-0.2, 0) is 6.54 Å². The van der Waals surface area contributed by atoms with Crippen molar-refractivity contribution in [3.8, 4) is 0 Å². The lowest BCUT2D eigenvalue weighted by atomic mass is 10.2. The summed E-state index contributed by atoms with van der Waals surface area (Å²) in [5, 5.41) is 3.47. The van der Waals surface area contributed by atoms with Crippen LogP contribution >= 0.6 is 0 Å². The minimum atomic E-state index is 0.558. The summed E-state index contributed by atoms with van der Waals surface area (Å²) < 4.78 is 0. The molecule has 1 heterocycles. The fourth-order valence-corrected chi connectivity index (χ4v) is 2.00. The van der Waals surface area contributed by atoms with Gasteiger partial charge in [-0.1, -0.05) is 18.9 Å². The van der Waals surface area contributed by atoms with Crippen molar-refractivity contribution in [2.75, 3.05) is 5.32 Å². The fourth-order valence-electron chi connectivity index (χ4n) is 2.00. The first-order valence-corrected chi connectivity index (χ1v) is 5.30. The van der Waals surface area contributed by atoms with Crippen LogP contribution in [0.15, 0.2) is 18.3 Å². The minimum absolute atomic E-state index is 0.558. The Kier molecular flexibility index (Phi) is 2.99. The van der Waals surface area contributed by atoms with Crippen LogP contribution in [0, 0.1) is 0 Å². The molecule has 1 aliphatic rings. The van der Waals surface area contributed by atoms with Gasteiger partial charge in [0.2, 0.25) is 0 Å². The van der Waals surface area contributed by atoms with Gasteiger partial charge in [0.25, 0.3) is 0 Å². The summed E-state index contributed by atoms with van der Waals surface area (Å²) in [7, 11) is 0. The second-order valence-electron chi connectivity index (χ2n) is 3.84. The van der Waals surface area contributed by atoms with Crippen LogP contribution in [0.25, 0.3) is 0 Å². The Morgan fingerprint density at radius 3 is 2.93 bits per heavy atom. The maximum Gasteiger partial charge on any atom is 0.130 e. The first-order valence-electron chi connectivity index (χ1n) is 5.30. The Labute approximate surface area is 84.7 Å². The molecule has 0 atom stereocenters. The van der Waals surface area contributed by atoms with Crippen molar-refractivity contribution in [2.45, 2.75) is 38.3 Å². The van der Waals surface area contributed by atoms with Gasteiger partial charge in [-0.2, -0.15) is 0 Å². The first kappa shape index (κ1) is 9.46. The molecule has 3 N–H and O–H groups in total. The van der Waals surface area contributed by atoms with Crippen LogP contribution in [0.3, 0.4) is 0 Å². The van der Waals surface area contributed by atoms with E-state index >= 15 is 0 Å². The second kappa shape index (κ2) is 4.42. The van der Waals surface area contributed by atoms with Gasteiger partial charge in [0.1, 0.15) is 5.82 Å². The zero-order chi connectivity index (χ0) is 9.80. The predicted molar refractivity (Wildman–Crippen MR) is 58.0 cm³/mol. The molecule has 2 rings (SSSR count). The highest BCUT2D eigenvalue weighted by Gasteiger charge is 2.15. The molecule has 1 aromatic rings. The van der Waals surface area contributed by atoms with Crippen LogP contribution in [0.1, 0.15) is 31.2 Å². The van der Waals surface area contributed by atoms with Crippen LogP contribution in [0.4, 0.5) is 5.82 Å². The van der Waals surface area contributed by atoms with Gasteiger partial charge in [0.15, 0.2) is 0 Å². The van der Waals surface area contributed by atoms with Crippen molar-refractivity contribution in [1.82, 2.24) is 4.98 Å². The number of aromatic nitrogens is 1. The zero-order valence-corrected chi connectivity index (χ0v) is 8.37. The van der Waals surface area contributed by atoms with Crippen molar-refractivity contribution in [1.29, 1.82) is 0 Å². The zero-order valence-electron chi connectivity index (χ0n) is 8.37. The van der Waals surface area contributed by atoms with Gasteiger partial charge >= 0.3 is 0 Å². The smallest absolute Gasteiger partial charge is 0.130 e. The van der Waals surface area contributed by atoms with E-state index in [1.54, 1.807) is 0 Å². The van der Waals surface area contributed by atoms with Crippen molar-refractivity contribution < 1.29 is 0 Å². The van der Waals surface area contributed by atoms with Crippen LogP contribution in [0.2, 0.25) is 0 Å². The lowest BCUT2D eigenvalue weighted by Crippen LogP contribution is -2.17. The van der Waals surface area contributed by atoms with Gasteiger partial charge < -0.3 is 11.1 Å². The molecular formula is C11H17N3. The van der Waals surface area contributed by atoms with E-state index in [9.17, 15) is 0 Å². The predicted octanol–water partition coefficient (Wildman–Crippen LogP) is 1.89. The third-order valence-electron chi connectivity index (χ3n) is 2.81. The highest BCUT2D eigenvalue weighted by Crippen LogP contribution is 2.22. The molecule has 0 radical (unpaired) electrons. The molecule has 14 heavy (non-hydrogen) atoms. The van der Waals surface area contributed by atoms with Crippen LogP contribution < -0.4 is 11.1 Å². The van der Waals surface area contributed by atoms with Crippen molar-refractivity contribution >= 4 is 5.82 Å². The number of hydrogen-bond acceptors (Lipinski definition) is 3. The number of nitrogens with zero attached hydrogens (tertiary/aromatic N) is 1. The Morgan fingerprint density at radius 1 is 1.43 bits per heavy atom. The summed E-state index contributed by atoms with van der Waals surface area (Å²) in [5.74, 6) is 0.974.